The van der Waals surface area contributed by atoms with E-state index in [1.54, 1.807) is 0 Å². The molecule has 0 amide bonds. The van der Waals surface area contributed by atoms with Crippen molar-refractivity contribution in [2.75, 3.05) is 25.6 Å². The quantitative estimate of drug-likeness (QED) is 0.268. The van der Waals surface area contributed by atoms with Gasteiger partial charge in [0.1, 0.15) is 0 Å². The van der Waals surface area contributed by atoms with Gasteiger partial charge in [0.2, 0.25) is 0 Å². The summed E-state index contributed by atoms with van der Waals surface area (Å²) in [6.45, 7) is 1.69. The van der Waals surface area contributed by atoms with Gasteiger partial charge in [-0.25, -0.2) is 0 Å². The molecule has 0 N–H and O–H groups in total. The number of ether oxygens (including phenoxy) is 1. The third-order valence-corrected chi connectivity index (χ3v) is 2.14. The Kier molecular flexibility index (Phi) is 2.38. The molecule has 0 unspecified atom stereocenters. The van der Waals surface area contributed by atoms with Gasteiger partial charge in [-0.2, -0.15) is 0 Å². The molecule has 1 saturated heterocycles. The molecule has 1 rings (SSSR count). The van der Waals surface area contributed by atoms with Crippen LogP contribution in [0.25, 0.3) is 10.4 Å². The van der Waals surface area contributed by atoms with E-state index in [0.717, 1.165) is 0 Å². The van der Waals surface area contributed by atoms with E-state index >= 15 is 0 Å². The first-order chi connectivity index (χ1) is 4.83. The van der Waals surface area contributed by atoms with Crippen molar-refractivity contribution in [1.29, 1.82) is 0 Å². The molecule has 0 aliphatic carbocycles. The number of hydrogen-bond acceptors (Lipinski definition) is 2. The Labute approximate surface area is 63.7 Å². The minimum Gasteiger partial charge on any atom is -0.380 e. The smallest absolute Gasteiger partial charge is 0.0557 e. The molecule has 0 bridgehead atoms. The Hall–Kier alpha value is -0.440. The highest BCUT2D eigenvalue weighted by atomic mass is 35.5. The predicted molar refractivity (Wildman–Crippen MR) is 38.0 cm³/mol. The van der Waals surface area contributed by atoms with Crippen LogP contribution in [0.2, 0.25) is 0 Å². The van der Waals surface area contributed by atoms with Crippen LogP contribution in [0.3, 0.4) is 0 Å². The molecule has 10 heavy (non-hydrogen) atoms. The van der Waals surface area contributed by atoms with Crippen LogP contribution in [0.4, 0.5) is 0 Å². The number of azide groups is 1. The third kappa shape index (κ3) is 1.34. The van der Waals surface area contributed by atoms with Crippen molar-refractivity contribution in [1.82, 2.24) is 0 Å². The van der Waals surface area contributed by atoms with Crippen molar-refractivity contribution in [2.24, 2.45) is 10.5 Å². The number of rotatable bonds is 3. The van der Waals surface area contributed by atoms with E-state index in [2.05, 4.69) is 10.0 Å². The molecule has 1 aliphatic heterocycles. The van der Waals surface area contributed by atoms with Crippen LogP contribution in [0.15, 0.2) is 5.11 Å². The topological polar surface area (TPSA) is 58.0 Å². The Morgan fingerprint density at radius 1 is 1.70 bits per heavy atom. The van der Waals surface area contributed by atoms with Gasteiger partial charge in [-0.15, -0.1) is 11.6 Å². The maximum absolute atomic E-state index is 8.02. The van der Waals surface area contributed by atoms with Gasteiger partial charge >= 0.3 is 0 Å². The van der Waals surface area contributed by atoms with Crippen LogP contribution in [0.5, 0.6) is 0 Å². The fraction of sp³-hybridized carbons (Fsp3) is 1.00. The summed E-state index contributed by atoms with van der Waals surface area (Å²) in [5.74, 6) is 0.506. The van der Waals surface area contributed by atoms with Gasteiger partial charge in [0.05, 0.1) is 13.2 Å². The van der Waals surface area contributed by atoms with Gasteiger partial charge in [0.25, 0.3) is 0 Å². The van der Waals surface area contributed by atoms with Gasteiger partial charge in [-0.05, 0) is 5.53 Å². The summed E-state index contributed by atoms with van der Waals surface area (Å²) in [7, 11) is 0. The first kappa shape index (κ1) is 7.66. The summed E-state index contributed by atoms with van der Waals surface area (Å²) in [6.07, 6.45) is 0. The van der Waals surface area contributed by atoms with E-state index in [-0.39, 0.29) is 5.41 Å². The predicted octanol–water partition coefficient (Wildman–Crippen LogP) is 1.55. The van der Waals surface area contributed by atoms with E-state index in [1.165, 1.54) is 0 Å². The molecule has 1 fully saturated rings. The van der Waals surface area contributed by atoms with Crippen LogP contribution in [0, 0.1) is 5.41 Å². The van der Waals surface area contributed by atoms with Crippen LogP contribution in [0.1, 0.15) is 0 Å². The normalized spacial score (nSPS) is 20.9. The van der Waals surface area contributed by atoms with Crippen molar-refractivity contribution < 1.29 is 4.74 Å². The van der Waals surface area contributed by atoms with Crippen molar-refractivity contribution in [3.05, 3.63) is 10.4 Å². The van der Waals surface area contributed by atoms with Gasteiger partial charge in [0.15, 0.2) is 0 Å². The minimum absolute atomic E-state index is 0.0617. The molecule has 1 heterocycles. The third-order valence-electron chi connectivity index (χ3n) is 1.57. The molecule has 0 aromatic carbocycles. The molecule has 5 heteroatoms. The van der Waals surface area contributed by atoms with Gasteiger partial charge in [-0.1, -0.05) is 5.11 Å². The monoisotopic (exact) mass is 161 g/mol. The van der Waals surface area contributed by atoms with Crippen molar-refractivity contribution in [3.63, 3.8) is 0 Å². The Morgan fingerprint density at radius 2 is 2.40 bits per heavy atom. The molecule has 56 valence electrons. The summed E-state index contributed by atoms with van der Waals surface area (Å²) >= 11 is 5.63. The maximum Gasteiger partial charge on any atom is 0.0557 e. The molecule has 0 aromatic rings. The maximum atomic E-state index is 8.02. The van der Waals surface area contributed by atoms with E-state index in [0.29, 0.717) is 25.6 Å². The lowest BCUT2D eigenvalue weighted by molar-refractivity contribution is -0.0923. The first-order valence-corrected chi connectivity index (χ1v) is 3.51. The van der Waals surface area contributed by atoms with Crippen LogP contribution in [-0.2, 0) is 4.74 Å². The lowest BCUT2D eigenvalue weighted by atomic mass is 9.89. The highest BCUT2D eigenvalue weighted by Gasteiger charge is 2.36. The number of nitrogens with zero attached hydrogens (tertiary/aromatic N) is 3. The summed E-state index contributed by atoms with van der Waals surface area (Å²) in [6, 6.07) is 0. The molecular weight excluding hydrogens is 154 g/mol. The van der Waals surface area contributed by atoms with Crippen LogP contribution < -0.4 is 0 Å². The minimum atomic E-state index is -0.0617. The van der Waals surface area contributed by atoms with Crippen LogP contribution >= 0.6 is 11.6 Å². The number of hydrogen-bond donors (Lipinski definition) is 0. The van der Waals surface area contributed by atoms with E-state index in [9.17, 15) is 0 Å². The summed E-state index contributed by atoms with van der Waals surface area (Å²) in [5, 5.41) is 3.45. The SMILES string of the molecule is [N-]=[N+]=NCC1(CCl)COC1. The van der Waals surface area contributed by atoms with Crippen molar-refractivity contribution in [2.45, 2.75) is 0 Å². The fourth-order valence-corrected chi connectivity index (χ4v) is 1.02. The molecule has 0 spiro atoms. The molecule has 0 saturated carbocycles. The second-order valence-electron chi connectivity index (χ2n) is 2.52. The zero-order valence-electron chi connectivity index (χ0n) is 5.46. The molecule has 0 atom stereocenters. The van der Waals surface area contributed by atoms with Gasteiger partial charge < -0.3 is 4.74 Å². The molecule has 0 aromatic heterocycles. The first-order valence-electron chi connectivity index (χ1n) is 2.98. The van der Waals surface area contributed by atoms with Crippen molar-refractivity contribution in [3.8, 4) is 0 Å². The zero-order chi connectivity index (χ0) is 7.45. The van der Waals surface area contributed by atoms with Gasteiger partial charge in [-0.3, -0.25) is 0 Å². The molecule has 4 nitrogen and oxygen atoms in total. The Bertz CT molecular complexity index is 157. The summed E-state index contributed by atoms with van der Waals surface area (Å²) in [5.41, 5.74) is 7.96. The lowest BCUT2D eigenvalue weighted by Crippen LogP contribution is -2.46. The summed E-state index contributed by atoms with van der Waals surface area (Å²) < 4.78 is 4.96. The summed E-state index contributed by atoms with van der Waals surface area (Å²) in [4.78, 5) is 2.66. The zero-order valence-corrected chi connectivity index (χ0v) is 6.21. The second kappa shape index (κ2) is 3.10. The number of halogens is 1. The van der Waals surface area contributed by atoms with Crippen LogP contribution in [-0.4, -0.2) is 25.6 Å². The highest BCUT2D eigenvalue weighted by molar-refractivity contribution is 6.18. The standard InChI is InChI=1S/C5H8ClN3O/c6-1-5(2-8-9-7)3-10-4-5/h1-4H2. The Balaban J connectivity index is 2.40. The Morgan fingerprint density at radius 3 is 2.70 bits per heavy atom. The number of alkyl halides is 1. The van der Waals surface area contributed by atoms with Gasteiger partial charge in [0, 0.05) is 22.8 Å². The molecule has 1 aliphatic rings. The largest absolute Gasteiger partial charge is 0.380 e. The van der Waals surface area contributed by atoms with E-state index in [4.69, 9.17) is 21.9 Å². The average Bonchev–Trinajstić information content (AvgIpc) is 1.87. The molecular formula is C5H8ClN3O. The molecule has 0 radical (unpaired) electrons. The van der Waals surface area contributed by atoms with E-state index < -0.39 is 0 Å². The lowest BCUT2D eigenvalue weighted by Gasteiger charge is -2.38. The highest BCUT2D eigenvalue weighted by Crippen LogP contribution is 2.29. The van der Waals surface area contributed by atoms with Crippen molar-refractivity contribution >= 4 is 11.6 Å². The average molecular weight is 162 g/mol. The van der Waals surface area contributed by atoms with E-state index in [1.807, 2.05) is 0 Å². The fourth-order valence-electron chi connectivity index (χ4n) is 0.783. The second-order valence-corrected chi connectivity index (χ2v) is 2.78.